The number of fused-ring (bicyclic) bond motifs is 1. The van der Waals surface area contributed by atoms with Crippen LogP contribution < -0.4 is 0 Å². The van der Waals surface area contributed by atoms with Crippen molar-refractivity contribution in [3.05, 3.63) is 30.6 Å². The number of rotatable bonds is 1. The van der Waals surface area contributed by atoms with Crippen molar-refractivity contribution < 1.29 is 0 Å². The van der Waals surface area contributed by atoms with Gasteiger partial charge in [-0.1, -0.05) is 5.21 Å². The summed E-state index contributed by atoms with van der Waals surface area (Å²) >= 11 is 0. The lowest BCUT2D eigenvalue weighted by Gasteiger charge is -1.94. The predicted molar refractivity (Wildman–Crippen MR) is 50.3 cm³/mol. The molecule has 0 unspecified atom stereocenters. The first-order valence-corrected chi connectivity index (χ1v) is 4.16. The van der Waals surface area contributed by atoms with Crippen molar-refractivity contribution in [1.82, 2.24) is 25.4 Å². The Bertz CT molecular complexity index is 551. The van der Waals surface area contributed by atoms with Gasteiger partial charge in [-0.15, -0.1) is 5.10 Å². The standard InChI is InChI=1S/C9H6N5/c1-2-7-8(13-14-12-7)5-6(1)9-10-3-4-11-9/h1-4H,(H,10,11)(H,12,13,14). The van der Waals surface area contributed by atoms with E-state index in [2.05, 4.69) is 31.4 Å². The molecular formula is C9H6N5. The highest BCUT2D eigenvalue weighted by Crippen LogP contribution is 2.17. The van der Waals surface area contributed by atoms with Crippen molar-refractivity contribution in [2.24, 2.45) is 0 Å². The van der Waals surface area contributed by atoms with Gasteiger partial charge in [0, 0.05) is 24.0 Å². The maximum atomic E-state index is 4.13. The number of hydrogen-bond acceptors (Lipinski definition) is 3. The van der Waals surface area contributed by atoms with E-state index in [0.29, 0.717) is 0 Å². The van der Waals surface area contributed by atoms with Gasteiger partial charge < -0.3 is 4.98 Å². The molecule has 2 heterocycles. The molecule has 67 valence electrons. The molecule has 14 heavy (non-hydrogen) atoms. The van der Waals surface area contributed by atoms with E-state index >= 15 is 0 Å². The average molecular weight is 184 g/mol. The maximum absolute atomic E-state index is 4.13. The second-order valence-corrected chi connectivity index (χ2v) is 2.88. The van der Waals surface area contributed by atoms with E-state index in [0.717, 1.165) is 22.4 Å². The van der Waals surface area contributed by atoms with Crippen LogP contribution in [0.1, 0.15) is 0 Å². The summed E-state index contributed by atoms with van der Waals surface area (Å²) in [5.74, 6) is 0.787. The highest BCUT2D eigenvalue weighted by Gasteiger charge is 2.03. The Hall–Kier alpha value is -2.17. The summed E-state index contributed by atoms with van der Waals surface area (Å²) in [5.41, 5.74) is 2.48. The minimum atomic E-state index is 0.721. The lowest BCUT2D eigenvalue weighted by molar-refractivity contribution is 0.959. The van der Waals surface area contributed by atoms with Gasteiger partial charge in [0.1, 0.15) is 11.3 Å². The summed E-state index contributed by atoms with van der Waals surface area (Å²) < 4.78 is 0. The molecule has 2 N–H and O–H groups in total. The topological polar surface area (TPSA) is 70.2 Å². The van der Waals surface area contributed by atoms with Gasteiger partial charge in [-0.3, -0.25) is 5.10 Å². The zero-order valence-electron chi connectivity index (χ0n) is 7.15. The number of H-pyrrole nitrogens is 2. The van der Waals surface area contributed by atoms with Gasteiger partial charge in [0.2, 0.25) is 0 Å². The van der Waals surface area contributed by atoms with Crippen LogP contribution in [0.3, 0.4) is 0 Å². The van der Waals surface area contributed by atoms with Crippen molar-refractivity contribution in [2.45, 2.75) is 0 Å². The first-order chi connectivity index (χ1) is 6.93. The molecule has 2 aromatic heterocycles. The molecule has 1 radical (unpaired) electrons. The fourth-order valence-electron chi connectivity index (χ4n) is 1.33. The smallest absolute Gasteiger partial charge is 0.137 e. The molecule has 0 spiro atoms. The molecule has 0 atom stereocenters. The van der Waals surface area contributed by atoms with E-state index in [-0.39, 0.29) is 0 Å². The largest absolute Gasteiger partial charge is 0.345 e. The molecule has 0 saturated heterocycles. The number of nitrogens with one attached hydrogen (secondary N) is 2. The second-order valence-electron chi connectivity index (χ2n) is 2.88. The van der Waals surface area contributed by atoms with Crippen LogP contribution in [-0.2, 0) is 0 Å². The van der Waals surface area contributed by atoms with E-state index < -0.39 is 0 Å². The zero-order chi connectivity index (χ0) is 9.38. The Balaban J connectivity index is 2.23. The van der Waals surface area contributed by atoms with Crippen LogP contribution in [0.2, 0.25) is 0 Å². The number of hydrogen-bond donors (Lipinski definition) is 2. The molecule has 0 bridgehead atoms. The lowest BCUT2D eigenvalue weighted by atomic mass is 10.2. The van der Waals surface area contributed by atoms with Gasteiger partial charge in [-0.2, -0.15) is 0 Å². The second kappa shape index (κ2) is 2.66. The van der Waals surface area contributed by atoms with E-state index in [1.807, 2.05) is 12.1 Å². The Morgan fingerprint density at radius 3 is 3.14 bits per heavy atom. The fraction of sp³-hybridized carbons (Fsp3) is 0. The minimum Gasteiger partial charge on any atom is -0.345 e. The summed E-state index contributed by atoms with van der Waals surface area (Å²) in [6.45, 7) is 0. The summed E-state index contributed by atoms with van der Waals surface area (Å²) in [6.07, 6.45) is 3.48. The van der Waals surface area contributed by atoms with E-state index in [9.17, 15) is 0 Å². The van der Waals surface area contributed by atoms with Gasteiger partial charge in [0.15, 0.2) is 0 Å². The Morgan fingerprint density at radius 2 is 2.29 bits per heavy atom. The summed E-state index contributed by atoms with van der Waals surface area (Å²) in [7, 11) is 0. The maximum Gasteiger partial charge on any atom is 0.137 e. The van der Waals surface area contributed by atoms with Crippen molar-refractivity contribution in [2.75, 3.05) is 0 Å². The highest BCUT2D eigenvalue weighted by atomic mass is 15.3. The van der Waals surface area contributed by atoms with Crippen LogP contribution in [0.4, 0.5) is 0 Å². The molecular weight excluding hydrogens is 178 g/mol. The quantitative estimate of drug-likeness (QED) is 0.596. The summed E-state index contributed by atoms with van der Waals surface area (Å²) in [5, 5.41) is 10.3. The molecule has 0 aliphatic heterocycles. The van der Waals surface area contributed by atoms with Crippen LogP contribution in [-0.4, -0.2) is 25.4 Å². The van der Waals surface area contributed by atoms with Gasteiger partial charge in [0.25, 0.3) is 0 Å². The average Bonchev–Trinajstić information content (AvgIpc) is 2.88. The third kappa shape index (κ3) is 0.990. The SMILES string of the molecule is [c]1c(-c2ncc[nH]2)ccc2[nH]nnc12. The Kier molecular flexibility index (Phi) is 1.38. The first-order valence-electron chi connectivity index (χ1n) is 4.16. The zero-order valence-corrected chi connectivity index (χ0v) is 7.15. The number of imidazole rings is 1. The fourth-order valence-corrected chi connectivity index (χ4v) is 1.33. The third-order valence-corrected chi connectivity index (χ3v) is 2.00. The van der Waals surface area contributed by atoms with E-state index in [1.165, 1.54) is 0 Å². The number of nitrogens with zero attached hydrogens (tertiary/aromatic N) is 3. The minimum absolute atomic E-state index is 0.721. The molecule has 3 aromatic rings. The number of aromatic nitrogens is 5. The predicted octanol–water partition coefficient (Wildman–Crippen LogP) is 1.15. The van der Waals surface area contributed by atoms with E-state index in [1.54, 1.807) is 12.4 Å². The molecule has 1 aromatic carbocycles. The third-order valence-electron chi connectivity index (χ3n) is 2.00. The van der Waals surface area contributed by atoms with Gasteiger partial charge in [-0.25, -0.2) is 4.98 Å². The monoisotopic (exact) mass is 184 g/mol. The molecule has 5 heteroatoms. The van der Waals surface area contributed by atoms with Gasteiger partial charge >= 0.3 is 0 Å². The van der Waals surface area contributed by atoms with Crippen LogP contribution in [0, 0.1) is 6.07 Å². The van der Waals surface area contributed by atoms with Crippen molar-refractivity contribution in [1.29, 1.82) is 0 Å². The van der Waals surface area contributed by atoms with E-state index in [4.69, 9.17) is 0 Å². The van der Waals surface area contributed by atoms with Crippen molar-refractivity contribution in [3.8, 4) is 11.4 Å². The van der Waals surface area contributed by atoms with Gasteiger partial charge in [0.05, 0.1) is 5.52 Å². The Morgan fingerprint density at radius 1 is 1.29 bits per heavy atom. The van der Waals surface area contributed by atoms with Crippen LogP contribution >= 0.6 is 0 Å². The highest BCUT2D eigenvalue weighted by molar-refractivity contribution is 5.78. The lowest BCUT2D eigenvalue weighted by Crippen LogP contribution is -1.80. The molecule has 3 rings (SSSR count). The van der Waals surface area contributed by atoms with Crippen molar-refractivity contribution in [3.63, 3.8) is 0 Å². The molecule has 0 aliphatic rings. The Labute approximate surface area is 79.2 Å². The van der Waals surface area contributed by atoms with Crippen LogP contribution in [0.25, 0.3) is 22.4 Å². The van der Waals surface area contributed by atoms with Crippen LogP contribution in [0.5, 0.6) is 0 Å². The summed E-state index contributed by atoms with van der Waals surface area (Å²) in [6, 6.07) is 6.93. The molecule has 0 aliphatic carbocycles. The van der Waals surface area contributed by atoms with Crippen molar-refractivity contribution >= 4 is 11.0 Å². The number of aromatic amines is 2. The molecule has 5 nitrogen and oxygen atoms in total. The molecule has 0 amide bonds. The number of benzene rings is 1. The normalized spacial score (nSPS) is 10.9. The summed E-state index contributed by atoms with van der Waals surface area (Å²) in [4.78, 5) is 7.14. The first kappa shape index (κ1) is 7.25. The van der Waals surface area contributed by atoms with Crippen LogP contribution in [0.15, 0.2) is 24.5 Å². The van der Waals surface area contributed by atoms with Gasteiger partial charge in [-0.05, 0) is 12.1 Å². The molecule has 0 fully saturated rings. The molecule has 0 saturated carbocycles.